The van der Waals surface area contributed by atoms with Crippen LogP contribution in [0.4, 0.5) is 0 Å². The van der Waals surface area contributed by atoms with Crippen molar-refractivity contribution < 1.29 is 19.5 Å². The van der Waals surface area contributed by atoms with E-state index in [0.717, 1.165) is 0 Å². The molecule has 0 unspecified atom stereocenters. The maximum Gasteiger partial charge on any atom is 0.274 e. The Bertz CT molecular complexity index is 390. The number of aliphatic hydroxyl groups is 1. The van der Waals surface area contributed by atoms with Gasteiger partial charge in [0, 0.05) is 5.56 Å². The van der Waals surface area contributed by atoms with Crippen LogP contribution in [0.3, 0.4) is 0 Å². The number of ether oxygens (including phenoxy) is 1. The molecule has 0 saturated carbocycles. The van der Waals surface area contributed by atoms with Crippen LogP contribution in [-0.4, -0.2) is 31.3 Å². The van der Waals surface area contributed by atoms with Crippen molar-refractivity contribution in [3.63, 3.8) is 0 Å². The van der Waals surface area contributed by atoms with Crippen molar-refractivity contribution >= 4 is 5.91 Å². The van der Waals surface area contributed by atoms with E-state index in [1.165, 1.54) is 7.11 Å². The van der Waals surface area contributed by atoms with Crippen LogP contribution in [0.25, 0.3) is 0 Å². The van der Waals surface area contributed by atoms with Crippen LogP contribution in [-0.2, 0) is 4.84 Å². The molecule has 0 bridgehead atoms. The van der Waals surface area contributed by atoms with E-state index in [0.29, 0.717) is 17.9 Å². The number of carbonyl (C=O) groups is 1. The molecule has 5 heteroatoms. The van der Waals surface area contributed by atoms with Crippen LogP contribution in [0.1, 0.15) is 10.4 Å². The first-order chi connectivity index (χ1) is 8.27. The third-order valence-electron chi connectivity index (χ3n) is 1.91. The van der Waals surface area contributed by atoms with Gasteiger partial charge < -0.3 is 9.84 Å². The van der Waals surface area contributed by atoms with E-state index in [2.05, 4.69) is 10.3 Å². The summed E-state index contributed by atoms with van der Waals surface area (Å²) < 4.78 is 5.36. The number of hydroxylamine groups is 1. The third-order valence-corrected chi connectivity index (χ3v) is 1.91. The zero-order valence-electron chi connectivity index (χ0n) is 9.55. The zero-order chi connectivity index (χ0) is 12.5. The van der Waals surface area contributed by atoms with Crippen LogP contribution < -0.4 is 10.2 Å². The molecule has 0 aromatic heterocycles. The molecule has 17 heavy (non-hydrogen) atoms. The first-order valence-electron chi connectivity index (χ1n) is 5.10. The first-order valence-corrected chi connectivity index (χ1v) is 5.10. The summed E-state index contributed by atoms with van der Waals surface area (Å²) in [6.45, 7) is 0.329. The van der Waals surface area contributed by atoms with Crippen molar-refractivity contribution in [1.29, 1.82) is 0 Å². The van der Waals surface area contributed by atoms with E-state index in [4.69, 9.17) is 9.84 Å². The minimum Gasteiger partial charge on any atom is -0.490 e. The molecular weight excluding hydrogens is 222 g/mol. The highest BCUT2D eigenvalue weighted by atomic mass is 16.6. The molecule has 0 atom stereocenters. The summed E-state index contributed by atoms with van der Waals surface area (Å²) >= 11 is 0. The van der Waals surface area contributed by atoms with E-state index in [1.54, 1.807) is 36.4 Å². The second kappa shape index (κ2) is 7.43. The number of amides is 1. The Morgan fingerprint density at radius 2 is 2.29 bits per heavy atom. The lowest BCUT2D eigenvalue weighted by atomic mass is 10.2. The second-order valence-corrected chi connectivity index (χ2v) is 3.13. The van der Waals surface area contributed by atoms with Gasteiger partial charge in [-0.3, -0.25) is 9.63 Å². The lowest BCUT2D eigenvalue weighted by Gasteiger charge is -2.06. The molecule has 0 aliphatic rings. The van der Waals surface area contributed by atoms with Crippen molar-refractivity contribution in [2.75, 3.05) is 20.3 Å². The Labute approximate surface area is 99.6 Å². The predicted octanol–water partition coefficient (Wildman–Crippen LogP) is 0.905. The van der Waals surface area contributed by atoms with Crippen LogP contribution in [0.2, 0.25) is 0 Å². The second-order valence-electron chi connectivity index (χ2n) is 3.13. The monoisotopic (exact) mass is 237 g/mol. The number of rotatable bonds is 6. The van der Waals surface area contributed by atoms with Crippen molar-refractivity contribution in [2.45, 2.75) is 0 Å². The molecule has 0 aliphatic heterocycles. The summed E-state index contributed by atoms with van der Waals surface area (Å²) in [6, 6.07) is 6.73. The number of carbonyl (C=O) groups excluding carboxylic acids is 1. The van der Waals surface area contributed by atoms with Gasteiger partial charge in [0.1, 0.15) is 12.4 Å². The molecule has 0 aliphatic carbocycles. The molecule has 1 aromatic carbocycles. The molecule has 5 nitrogen and oxygen atoms in total. The Morgan fingerprint density at radius 3 is 3.00 bits per heavy atom. The Kier molecular flexibility index (Phi) is 5.77. The van der Waals surface area contributed by atoms with E-state index in [9.17, 15) is 4.79 Å². The quantitative estimate of drug-likeness (QED) is 0.570. The molecule has 0 heterocycles. The molecule has 2 N–H and O–H groups in total. The molecule has 1 rings (SSSR count). The number of benzene rings is 1. The Morgan fingerprint density at radius 1 is 1.47 bits per heavy atom. The Hall–Kier alpha value is -1.85. The fourth-order valence-electron chi connectivity index (χ4n) is 1.17. The normalized spacial score (nSPS) is 10.5. The number of hydrogen-bond donors (Lipinski definition) is 2. The number of aliphatic hydroxyl groups excluding tert-OH is 1. The topological polar surface area (TPSA) is 67.8 Å². The maximum atomic E-state index is 11.4. The first kappa shape index (κ1) is 13.2. The van der Waals surface area contributed by atoms with Crippen molar-refractivity contribution in [2.24, 2.45) is 0 Å². The van der Waals surface area contributed by atoms with Crippen LogP contribution in [0.15, 0.2) is 36.4 Å². The number of nitrogens with one attached hydrogen (secondary N) is 1. The minimum atomic E-state index is -0.330. The van der Waals surface area contributed by atoms with E-state index in [-0.39, 0.29) is 12.5 Å². The van der Waals surface area contributed by atoms with Gasteiger partial charge >= 0.3 is 0 Å². The van der Waals surface area contributed by atoms with E-state index in [1.807, 2.05) is 0 Å². The standard InChI is InChI=1S/C12H15NO4/c1-16-13-12(15)10-5-4-6-11(9-10)17-8-3-2-7-14/h2-6,9,14H,7-8H2,1H3,(H,13,15)/b3-2+. The molecule has 0 spiro atoms. The van der Waals surface area contributed by atoms with Gasteiger partial charge in [0.25, 0.3) is 5.91 Å². The molecule has 1 aromatic rings. The zero-order valence-corrected chi connectivity index (χ0v) is 9.55. The predicted molar refractivity (Wildman–Crippen MR) is 62.6 cm³/mol. The van der Waals surface area contributed by atoms with Crippen molar-refractivity contribution in [3.8, 4) is 5.75 Å². The molecule has 1 amide bonds. The highest BCUT2D eigenvalue weighted by Gasteiger charge is 2.05. The van der Waals surface area contributed by atoms with Gasteiger partial charge in [-0.2, -0.15) is 0 Å². The summed E-state index contributed by atoms with van der Waals surface area (Å²) in [5.41, 5.74) is 2.68. The van der Waals surface area contributed by atoms with Crippen molar-refractivity contribution in [1.82, 2.24) is 5.48 Å². The van der Waals surface area contributed by atoms with Gasteiger partial charge in [0.2, 0.25) is 0 Å². The Balaban J connectivity index is 2.59. The van der Waals surface area contributed by atoms with Gasteiger partial charge in [-0.05, 0) is 24.3 Å². The highest BCUT2D eigenvalue weighted by Crippen LogP contribution is 2.13. The molecular formula is C12H15NO4. The third kappa shape index (κ3) is 4.67. The lowest BCUT2D eigenvalue weighted by molar-refractivity contribution is 0.0537. The number of hydrogen-bond acceptors (Lipinski definition) is 4. The molecule has 0 fully saturated rings. The van der Waals surface area contributed by atoms with Gasteiger partial charge in [-0.1, -0.05) is 12.1 Å². The van der Waals surface area contributed by atoms with Gasteiger partial charge in [-0.25, -0.2) is 5.48 Å². The fourth-order valence-corrected chi connectivity index (χ4v) is 1.17. The summed E-state index contributed by atoms with van der Waals surface area (Å²) in [5, 5.41) is 8.53. The molecule has 0 radical (unpaired) electrons. The van der Waals surface area contributed by atoms with E-state index < -0.39 is 0 Å². The average molecular weight is 237 g/mol. The van der Waals surface area contributed by atoms with Crippen LogP contribution in [0.5, 0.6) is 5.75 Å². The minimum absolute atomic E-state index is 0.0142. The SMILES string of the molecule is CONC(=O)c1cccc(OC/C=C/CO)c1. The van der Waals surface area contributed by atoms with Crippen LogP contribution in [0, 0.1) is 0 Å². The maximum absolute atomic E-state index is 11.4. The molecule has 92 valence electrons. The summed E-state index contributed by atoms with van der Waals surface area (Å²) in [5.74, 6) is 0.250. The molecule has 0 saturated heterocycles. The largest absolute Gasteiger partial charge is 0.490 e. The van der Waals surface area contributed by atoms with Crippen molar-refractivity contribution in [3.05, 3.63) is 42.0 Å². The van der Waals surface area contributed by atoms with Gasteiger partial charge in [-0.15, -0.1) is 0 Å². The summed E-state index contributed by atoms with van der Waals surface area (Å²) in [6.07, 6.45) is 3.28. The average Bonchev–Trinajstić information content (AvgIpc) is 2.35. The summed E-state index contributed by atoms with van der Waals surface area (Å²) in [7, 11) is 1.37. The van der Waals surface area contributed by atoms with Gasteiger partial charge in [0.15, 0.2) is 0 Å². The highest BCUT2D eigenvalue weighted by molar-refractivity contribution is 5.93. The fraction of sp³-hybridized carbons (Fsp3) is 0.250. The van der Waals surface area contributed by atoms with E-state index >= 15 is 0 Å². The lowest BCUT2D eigenvalue weighted by Crippen LogP contribution is -2.21. The van der Waals surface area contributed by atoms with Gasteiger partial charge in [0.05, 0.1) is 13.7 Å². The smallest absolute Gasteiger partial charge is 0.274 e. The van der Waals surface area contributed by atoms with Crippen LogP contribution >= 0.6 is 0 Å². The summed E-state index contributed by atoms with van der Waals surface area (Å²) in [4.78, 5) is 16.0.